The van der Waals surface area contributed by atoms with Crippen molar-refractivity contribution in [2.45, 2.75) is 44.9 Å². The lowest BCUT2D eigenvalue weighted by Crippen LogP contribution is -2.34. The summed E-state index contributed by atoms with van der Waals surface area (Å²) < 4.78 is 15.3. The molecule has 0 bridgehead atoms. The number of nitrogens with zero attached hydrogens (tertiary/aromatic N) is 2. The van der Waals surface area contributed by atoms with E-state index in [9.17, 15) is 14.4 Å². The molecule has 46 heavy (non-hydrogen) atoms. The van der Waals surface area contributed by atoms with E-state index in [4.69, 9.17) is 20.3 Å². The fraction of sp³-hybridized carbons (Fsp3) is 0.286. The van der Waals surface area contributed by atoms with Gasteiger partial charge in [0.25, 0.3) is 17.4 Å². The molecule has 2 amide bonds. The van der Waals surface area contributed by atoms with E-state index in [1.54, 1.807) is 59.3 Å². The lowest BCUT2D eigenvalue weighted by molar-refractivity contribution is -0.146. The van der Waals surface area contributed by atoms with Crippen molar-refractivity contribution in [2.75, 3.05) is 24.3 Å². The number of allylic oxidation sites excluding steroid dienone is 1. The maximum atomic E-state index is 13.8. The quantitative estimate of drug-likeness (QED) is 0.137. The molecule has 5 rings (SSSR count). The summed E-state index contributed by atoms with van der Waals surface area (Å²) in [6.45, 7) is 2.46. The van der Waals surface area contributed by atoms with Crippen LogP contribution in [0.4, 0.5) is 11.4 Å². The number of anilines is 2. The summed E-state index contributed by atoms with van der Waals surface area (Å²) in [6.07, 6.45) is 2.49. The van der Waals surface area contributed by atoms with Crippen LogP contribution >= 0.6 is 0 Å². The highest BCUT2D eigenvalue weighted by Crippen LogP contribution is 2.32. The van der Waals surface area contributed by atoms with E-state index in [1.807, 2.05) is 49.0 Å². The highest BCUT2D eigenvalue weighted by molar-refractivity contribution is 6.05. The van der Waals surface area contributed by atoms with Crippen molar-refractivity contribution in [3.05, 3.63) is 123 Å². The molecular weight excluding hydrogens is 586 g/mol. The second-order valence-electron chi connectivity index (χ2n) is 11.1. The predicted octanol–water partition coefficient (Wildman–Crippen LogP) is 4.14. The van der Waals surface area contributed by atoms with Crippen LogP contribution in [0.5, 0.6) is 0 Å². The Morgan fingerprint density at radius 3 is 2.43 bits per heavy atom. The van der Waals surface area contributed by atoms with Gasteiger partial charge in [0.05, 0.1) is 23.7 Å². The molecule has 4 aromatic rings. The fourth-order valence-corrected chi connectivity index (χ4v) is 5.41. The topological polar surface area (TPSA) is 150 Å². The van der Waals surface area contributed by atoms with Gasteiger partial charge in [-0.1, -0.05) is 42.5 Å². The molecule has 240 valence electrons. The summed E-state index contributed by atoms with van der Waals surface area (Å²) in [4.78, 5) is 39.8. The number of carbonyl (C=O) groups excluding carboxylic acids is 2. The minimum Gasteiger partial charge on any atom is -0.459 e. The van der Waals surface area contributed by atoms with Crippen LogP contribution in [0.25, 0.3) is 5.69 Å². The van der Waals surface area contributed by atoms with Crippen molar-refractivity contribution < 1.29 is 24.2 Å². The monoisotopic (exact) mass is 625 g/mol. The first-order valence-corrected chi connectivity index (χ1v) is 15.2. The van der Waals surface area contributed by atoms with Crippen molar-refractivity contribution in [3.8, 4) is 5.69 Å². The van der Waals surface area contributed by atoms with E-state index >= 15 is 0 Å². The summed E-state index contributed by atoms with van der Waals surface area (Å²) >= 11 is 0. The number of ether oxygens (including phenoxy) is 2. The van der Waals surface area contributed by atoms with Gasteiger partial charge in [0.1, 0.15) is 0 Å². The van der Waals surface area contributed by atoms with E-state index < -0.39 is 18.1 Å². The van der Waals surface area contributed by atoms with E-state index in [-0.39, 0.29) is 30.4 Å². The summed E-state index contributed by atoms with van der Waals surface area (Å²) in [7, 11) is 1.83. The van der Waals surface area contributed by atoms with E-state index in [0.29, 0.717) is 48.4 Å². The number of aromatic nitrogens is 2. The zero-order valence-corrected chi connectivity index (χ0v) is 25.9. The molecule has 1 aromatic heterocycles. The largest absolute Gasteiger partial charge is 0.459 e. The molecule has 0 spiro atoms. The minimum atomic E-state index is -0.755. The van der Waals surface area contributed by atoms with Crippen molar-refractivity contribution in [1.82, 2.24) is 14.7 Å². The van der Waals surface area contributed by atoms with Crippen LogP contribution in [0.15, 0.2) is 95.5 Å². The maximum Gasteiger partial charge on any atom is 0.286 e. The minimum absolute atomic E-state index is 0.0562. The number of aliphatic hydroxyl groups is 1. The Kier molecular flexibility index (Phi) is 10.4. The first-order valence-electron chi connectivity index (χ1n) is 15.2. The molecule has 11 heteroatoms. The predicted molar refractivity (Wildman–Crippen MR) is 175 cm³/mol. The molecule has 0 fully saturated rings. The number of amides is 2. The number of carbonyl (C=O) groups is 2. The lowest BCUT2D eigenvalue weighted by Gasteiger charge is -2.29. The Hall–Kier alpha value is -5.13. The van der Waals surface area contributed by atoms with Crippen molar-refractivity contribution in [1.29, 1.82) is 0 Å². The van der Waals surface area contributed by atoms with Gasteiger partial charge < -0.3 is 30.9 Å². The van der Waals surface area contributed by atoms with Gasteiger partial charge in [-0.2, -0.15) is 0 Å². The molecule has 0 saturated carbocycles. The Bertz CT molecular complexity index is 1760. The maximum absolute atomic E-state index is 13.8. The van der Waals surface area contributed by atoms with Crippen LogP contribution in [0.3, 0.4) is 0 Å². The molecular formula is C35H39N5O6. The van der Waals surface area contributed by atoms with Crippen LogP contribution in [0, 0.1) is 6.92 Å². The molecule has 2 heterocycles. The Balaban J connectivity index is 1.31. The third-order valence-electron chi connectivity index (χ3n) is 7.99. The highest BCUT2D eigenvalue weighted by atomic mass is 16.7. The third-order valence-corrected chi connectivity index (χ3v) is 7.99. The molecule has 0 radical (unpaired) electrons. The smallest absolute Gasteiger partial charge is 0.286 e. The normalized spacial score (nSPS) is 15.9. The summed E-state index contributed by atoms with van der Waals surface area (Å²) in [5, 5.41) is 14.8. The molecule has 0 aliphatic carbocycles. The summed E-state index contributed by atoms with van der Waals surface area (Å²) in [6, 6.07) is 23.3. The Morgan fingerprint density at radius 1 is 1.00 bits per heavy atom. The zero-order valence-electron chi connectivity index (χ0n) is 25.9. The number of nitrogen functional groups attached to an aromatic ring is 1. The first-order chi connectivity index (χ1) is 22.3. The highest BCUT2D eigenvalue weighted by Gasteiger charge is 2.33. The van der Waals surface area contributed by atoms with Crippen LogP contribution < -0.4 is 21.9 Å². The van der Waals surface area contributed by atoms with Crippen LogP contribution in [-0.2, 0) is 27.9 Å². The van der Waals surface area contributed by atoms with Crippen LogP contribution in [-0.4, -0.2) is 45.8 Å². The van der Waals surface area contributed by atoms with Gasteiger partial charge in [0.2, 0.25) is 6.29 Å². The number of hydrogen-bond donors (Lipinski definition) is 4. The molecule has 2 atom stereocenters. The number of rotatable bonds is 12. The van der Waals surface area contributed by atoms with Crippen molar-refractivity contribution in [3.63, 3.8) is 0 Å². The SMILES string of the molecule is Cc1c([C@H]2C=C(C(=O)NCc3ccc(C(=O)Nc4ccccc4N)cc3)O[C@@H](OCCCCO)C2)c(=O)n(-c2ccccc2)n1C. The average molecular weight is 626 g/mol. The molecule has 1 aliphatic heterocycles. The van der Waals surface area contributed by atoms with Gasteiger partial charge >= 0.3 is 0 Å². The van der Waals surface area contributed by atoms with Crippen molar-refractivity contribution >= 4 is 23.2 Å². The number of aliphatic hydroxyl groups excluding tert-OH is 1. The van der Waals surface area contributed by atoms with Crippen LogP contribution in [0.2, 0.25) is 0 Å². The van der Waals surface area contributed by atoms with Crippen LogP contribution in [0.1, 0.15) is 52.4 Å². The molecule has 3 aromatic carbocycles. The van der Waals surface area contributed by atoms with Gasteiger partial charge in [-0.15, -0.1) is 0 Å². The van der Waals surface area contributed by atoms with Gasteiger partial charge in [0, 0.05) is 49.4 Å². The molecule has 0 unspecified atom stereocenters. The van der Waals surface area contributed by atoms with E-state index in [0.717, 1.165) is 16.9 Å². The Morgan fingerprint density at radius 2 is 1.72 bits per heavy atom. The first kappa shape index (κ1) is 32.3. The third kappa shape index (κ3) is 7.39. The standard InChI is InChI=1S/C35H39N5O6/c1-23-32(35(44)40(39(23)2)27-10-4-3-5-11-27)26-20-30(46-31(21-26)45-19-9-8-18-41)34(43)37-22-24-14-16-25(17-15-24)33(42)38-29-13-7-6-12-28(29)36/h3-7,10-17,20,26,31,41H,8-9,18-19,21-22,36H2,1-2H3,(H,37,43)(H,38,42)/t26-,31+/m0/s1. The zero-order chi connectivity index (χ0) is 32.6. The number of benzene rings is 3. The van der Waals surface area contributed by atoms with Gasteiger partial charge in [-0.3, -0.25) is 19.1 Å². The number of unbranched alkanes of at least 4 members (excludes halogenated alkanes) is 1. The summed E-state index contributed by atoms with van der Waals surface area (Å²) in [5.74, 6) is -1.12. The van der Waals surface area contributed by atoms with Gasteiger partial charge in [-0.05, 0) is 67.8 Å². The molecule has 5 N–H and O–H groups in total. The number of hydrogen-bond acceptors (Lipinski definition) is 7. The fourth-order valence-electron chi connectivity index (χ4n) is 5.41. The molecule has 1 aliphatic rings. The van der Waals surface area contributed by atoms with Gasteiger partial charge in [0.15, 0.2) is 5.76 Å². The second kappa shape index (κ2) is 14.8. The number of nitrogens with two attached hydrogens (primary N) is 1. The van der Waals surface area contributed by atoms with E-state index in [2.05, 4.69) is 10.6 Å². The second-order valence-corrected chi connectivity index (χ2v) is 11.1. The number of para-hydroxylation sites is 3. The average Bonchev–Trinajstić information content (AvgIpc) is 3.30. The Labute approximate surface area is 267 Å². The summed E-state index contributed by atoms with van der Waals surface area (Å²) in [5.41, 5.74) is 10.1. The lowest BCUT2D eigenvalue weighted by atomic mass is 9.93. The van der Waals surface area contributed by atoms with Crippen molar-refractivity contribution in [2.24, 2.45) is 7.05 Å². The molecule has 0 saturated heterocycles. The molecule has 11 nitrogen and oxygen atoms in total. The number of nitrogens with one attached hydrogen (secondary N) is 2. The van der Waals surface area contributed by atoms with Gasteiger partial charge in [-0.25, -0.2) is 4.68 Å². The van der Waals surface area contributed by atoms with E-state index in [1.165, 1.54) is 0 Å².